The molecule has 2 aromatic carbocycles. The van der Waals surface area contributed by atoms with Gasteiger partial charge in [-0.1, -0.05) is 76.2 Å². The molecule has 7 nitrogen and oxygen atoms in total. The third-order valence-electron chi connectivity index (χ3n) is 7.33. The Morgan fingerprint density at radius 1 is 1.00 bits per heavy atom. The molecule has 4 rings (SSSR count). The van der Waals surface area contributed by atoms with Crippen molar-refractivity contribution in [2.45, 2.75) is 71.9 Å². The van der Waals surface area contributed by atoms with E-state index in [4.69, 9.17) is 4.99 Å². The Balaban J connectivity index is 1.62. The molecule has 2 unspecified atom stereocenters. The number of aromatic nitrogens is 3. The number of amidine groups is 1. The molecule has 1 aliphatic rings. The molecule has 0 amide bonds. The molecule has 7 heteroatoms. The number of nitrogens with zero attached hydrogens (tertiary/aromatic N) is 4. The Bertz CT molecular complexity index is 1140. The number of aliphatic imine (C=N–C) groups is 1. The summed E-state index contributed by atoms with van der Waals surface area (Å²) in [5.41, 5.74) is 3.52. The summed E-state index contributed by atoms with van der Waals surface area (Å²) in [6.45, 7) is 10.5. The summed E-state index contributed by atoms with van der Waals surface area (Å²) < 4.78 is 0. The average molecular weight is 462 g/mol. The van der Waals surface area contributed by atoms with E-state index >= 15 is 0 Å². The summed E-state index contributed by atoms with van der Waals surface area (Å²) in [5.74, 6) is -0.896. The summed E-state index contributed by atoms with van der Waals surface area (Å²) in [6.07, 6.45) is 3.01. The van der Waals surface area contributed by atoms with Crippen molar-refractivity contribution in [2.24, 2.45) is 10.4 Å². The van der Waals surface area contributed by atoms with Gasteiger partial charge in [-0.05, 0) is 36.5 Å². The lowest BCUT2D eigenvalue weighted by atomic mass is 9.79. The van der Waals surface area contributed by atoms with Crippen molar-refractivity contribution in [2.75, 3.05) is 0 Å². The summed E-state index contributed by atoms with van der Waals surface area (Å²) in [5, 5.41) is 29.3. The van der Waals surface area contributed by atoms with Gasteiger partial charge < -0.3 is 15.1 Å². The maximum Gasteiger partial charge on any atom is 0.228 e. The Kier molecular flexibility index (Phi) is 6.60. The largest absolute Gasteiger partial charge is 0.359 e. The van der Waals surface area contributed by atoms with Gasteiger partial charge in [0.25, 0.3) is 0 Å². The summed E-state index contributed by atoms with van der Waals surface area (Å²) in [4.78, 5) is 11.1. The molecule has 34 heavy (non-hydrogen) atoms. The first-order valence-corrected chi connectivity index (χ1v) is 12.0. The minimum absolute atomic E-state index is 0.000568. The topological polar surface area (TPSA) is 97.6 Å². The maximum absolute atomic E-state index is 11.2. The lowest BCUT2D eigenvalue weighted by Gasteiger charge is -2.42. The number of hydrogen-bond donors (Lipinski definition) is 3. The fourth-order valence-electron chi connectivity index (χ4n) is 4.63. The standard InChI is InChI=1S/C27H35N5O2/c1-6-23-18(3)30-25(27(33,34)26(4,5)7-2)32(23)16-19-12-14-20(15-13-19)21-10-8-9-11-22(21)24-28-17-29-31-24/h8-15,17-18,23,33-34H,6-7,16H2,1-5H3,(H,28,29,31). The van der Waals surface area contributed by atoms with Crippen LogP contribution in [0, 0.1) is 5.41 Å². The van der Waals surface area contributed by atoms with Crippen molar-refractivity contribution in [3.05, 3.63) is 60.4 Å². The van der Waals surface area contributed by atoms with Gasteiger partial charge in [0.2, 0.25) is 5.79 Å². The van der Waals surface area contributed by atoms with Gasteiger partial charge in [0.15, 0.2) is 11.7 Å². The van der Waals surface area contributed by atoms with Crippen molar-refractivity contribution in [1.82, 2.24) is 20.1 Å². The number of rotatable bonds is 8. The number of nitrogens with one attached hydrogen (secondary N) is 1. The average Bonchev–Trinajstić information content (AvgIpc) is 3.48. The molecule has 0 saturated heterocycles. The van der Waals surface area contributed by atoms with Gasteiger partial charge in [-0.15, -0.1) is 0 Å². The molecule has 0 radical (unpaired) electrons. The van der Waals surface area contributed by atoms with Crippen LogP contribution in [0.5, 0.6) is 0 Å². The molecule has 2 atom stereocenters. The first kappa shape index (κ1) is 24.1. The SMILES string of the molecule is CCC1C(C)N=C(C(O)(O)C(C)(C)CC)N1Cc1ccc(-c2ccccc2-c2ncn[nH]2)cc1. The molecule has 0 saturated carbocycles. The zero-order valence-electron chi connectivity index (χ0n) is 20.7. The van der Waals surface area contributed by atoms with Crippen molar-refractivity contribution in [3.8, 4) is 22.5 Å². The molecule has 0 aliphatic carbocycles. The molecule has 0 bridgehead atoms. The fraction of sp³-hybridized carbons (Fsp3) is 0.444. The van der Waals surface area contributed by atoms with Crippen LogP contribution in [0.3, 0.4) is 0 Å². The van der Waals surface area contributed by atoms with Crippen LogP contribution in [-0.4, -0.2) is 54.0 Å². The molecule has 2 heterocycles. The number of H-pyrrole nitrogens is 1. The van der Waals surface area contributed by atoms with Crippen molar-refractivity contribution >= 4 is 5.84 Å². The Hall–Kier alpha value is -3.03. The highest BCUT2D eigenvalue weighted by atomic mass is 16.5. The molecule has 0 spiro atoms. The van der Waals surface area contributed by atoms with Crippen LogP contribution >= 0.6 is 0 Å². The van der Waals surface area contributed by atoms with E-state index in [0.29, 0.717) is 18.8 Å². The van der Waals surface area contributed by atoms with Crippen LogP contribution < -0.4 is 0 Å². The van der Waals surface area contributed by atoms with E-state index in [-0.39, 0.29) is 12.1 Å². The van der Waals surface area contributed by atoms with Gasteiger partial charge in [0.1, 0.15) is 6.33 Å². The highest BCUT2D eigenvalue weighted by Crippen LogP contribution is 2.38. The van der Waals surface area contributed by atoms with Crippen LogP contribution in [0.2, 0.25) is 0 Å². The smallest absolute Gasteiger partial charge is 0.228 e. The molecule has 1 aromatic heterocycles. The fourth-order valence-corrected chi connectivity index (χ4v) is 4.63. The molecule has 1 aliphatic heterocycles. The minimum atomic E-state index is -2.00. The monoisotopic (exact) mass is 461 g/mol. The van der Waals surface area contributed by atoms with Crippen molar-refractivity contribution in [1.29, 1.82) is 0 Å². The van der Waals surface area contributed by atoms with Gasteiger partial charge in [-0.3, -0.25) is 10.1 Å². The van der Waals surface area contributed by atoms with E-state index < -0.39 is 11.2 Å². The van der Waals surface area contributed by atoms with E-state index in [2.05, 4.69) is 57.3 Å². The third-order valence-corrected chi connectivity index (χ3v) is 7.33. The lowest BCUT2D eigenvalue weighted by Crippen LogP contribution is -2.57. The number of aliphatic hydroxyl groups is 2. The first-order chi connectivity index (χ1) is 16.2. The van der Waals surface area contributed by atoms with Gasteiger partial charge in [-0.2, -0.15) is 5.10 Å². The second-order valence-corrected chi connectivity index (χ2v) is 9.78. The van der Waals surface area contributed by atoms with Crippen molar-refractivity contribution in [3.63, 3.8) is 0 Å². The van der Waals surface area contributed by atoms with E-state index in [1.165, 1.54) is 6.33 Å². The van der Waals surface area contributed by atoms with Crippen LogP contribution in [0.1, 0.15) is 53.0 Å². The number of benzene rings is 2. The van der Waals surface area contributed by atoms with Crippen LogP contribution in [0.4, 0.5) is 0 Å². The third kappa shape index (κ3) is 4.26. The summed E-state index contributed by atoms with van der Waals surface area (Å²) in [7, 11) is 0. The minimum Gasteiger partial charge on any atom is -0.359 e. The zero-order valence-corrected chi connectivity index (χ0v) is 20.7. The predicted molar refractivity (Wildman–Crippen MR) is 135 cm³/mol. The van der Waals surface area contributed by atoms with Crippen molar-refractivity contribution < 1.29 is 10.2 Å². The molecular formula is C27H35N5O2. The predicted octanol–water partition coefficient (Wildman–Crippen LogP) is 4.64. The highest BCUT2D eigenvalue weighted by molar-refractivity contribution is 5.91. The maximum atomic E-state index is 11.2. The van der Waals surface area contributed by atoms with Crippen LogP contribution in [0.15, 0.2) is 59.9 Å². The van der Waals surface area contributed by atoms with Crippen LogP contribution in [0.25, 0.3) is 22.5 Å². The number of aromatic amines is 1. The molecule has 0 fully saturated rings. The molecule has 3 N–H and O–H groups in total. The second kappa shape index (κ2) is 9.31. The molecule has 180 valence electrons. The summed E-state index contributed by atoms with van der Waals surface area (Å²) in [6, 6.07) is 16.6. The van der Waals surface area contributed by atoms with E-state index in [1.807, 2.05) is 45.9 Å². The van der Waals surface area contributed by atoms with Gasteiger partial charge in [0, 0.05) is 17.5 Å². The Morgan fingerprint density at radius 2 is 1.68 bits per heavy atom. The quantitative estimate of drug-likeness (QED) is 0.425. The van der Waals surface area contributed by atoms with E-state index in [0.717, 1.165) is 34.5 Å². The Labute approximate surface area is 201 Å². The zero-order chi connectivity index (χ0) is 24.5. The molecule has 3 aromatic rings. The lowest BCUT2D eigenvalue weighted by molar-refractivity contribution is -0.184. The van der Waals surface area contributed by atoms with Gasteiger partial charge in [0.05, 0.1) is 12.1 Å². The van der Waals surface area contributed by atoms with Gasteiger partial charge in [-0.25, -0.2) is 4.98 Å². The highest BCUT2D eigenvalue weighted by Gasteiger charge is 2.51. The van der Waals surface area contributed by atoms with Crippen LogP contribution in [-0.2, 0) is 6.54 Å². The second-order valence-electron chi connectivity index (χ2n) is 9.78. The number of hydrogen-bond acceptors (Lipinski definition) is 6. The Morgan fingerprint density at radius 3 is 2.26 bits per heavy atom. The summed E-state index contributed by atoms with van der Waals surface area (Å²) >= 11 is 0. The molecular weight excluding hydrogens is 426 g/mol. The van der Waals surface area contributed by atoms with E-state index in [9.17, 15) is 10.2 Å². The normalized spacial score (nSPS) is 18.9. The van der Waals surface area contributed by atoms with E-state index in [1.54, 1.807) is 0 Å². The van der Waals surface area contributed by atoms with Gasteiger partial charge >= 0.3 is 0 Å². The first-order valence-electron chi connectivity index (χ1n) is 12.0.